The fraction of sp³-hybridized carbons (Fsp3) is 0.600. The maximum Gasteiger partial charge on any atom is 0.258 e. The molecule has 1 unspecified atom stereocenters. The lowest BCUT2D eigenvalue weighted by atomic mass is 10.0. The molecule has 0 aliphatic carbocycles. The van der Waals surface area contributed by atoms with E-state index in [9.17, 15) is 9.59 Å². The molecule has 0 spiro atoms. The molecular formula is C20H30N2O4. The van der Waals surface area contributed by atoms with Gasteiger partial charge >= 0.3 is 0 Å². The third kappa shape index (κ3) is 4.01. The van der Waals surface area contributed by atoms with Crippen molar-refractivity contribution in [3.05, 3.63) is 23.3 Å². The predicted molar refractivity (Wildman–Crippen MR) is 101 cm³/mol. The number of carbonyl (C=O) groups is 2. The topological polar surface area (TPSA) is 59.1 Å². The molecule has 1 atom stereocenters. The Morgan fingerprint density at radius 2 is 1.96 bits per heavy atom. The number of benzene rings is 1. The molecule has 1 aliphatic rings. The van der Waals surface area contributed by atoms with Crippen molar-refractivity contribution in [1.29, 1.82) is 0 Å². The van der Waals surface area contributed by atoms with E-state index in [4.69, 9.17) is 9.47 Å². The first-order chi connectivity index (χ1) is 12.5. The summed E-state index contributed by atoms with van der Waals surface area (Å²) < 4.78 is 10.8. The Balaban J connectivity index is 2.43. The molecular weight excluding hydrogens is 332 g/mol. The number of nitrogens with zero attached hydrogens (tertiary/aromatic N) is 2. The summed E-state index contributed by atoms with van der Waals surface area (Å²) in [4.78, 5) is 29.6. The van der Waals surface area contributed by atoms with E-state index in [-0.39, 0.29) is 17.9 Å². The van der Waals surface area contributed by atoms with Gasteiger partial charge in [0.1, 0.15) is 0 Å². The van der Waals surface area contributed by atoms with E-state index < -0.39 is 0 Å². The van der Waals surface area contributed by atoms with Gasteiger partial charge in [-0.1, -0.05) is 13.8 Å². The van der Waals surface area contributed by atoms with Crippen molar-refractivity contribution in [2.45, 2.75) is 45.7 Å². The molecule has 1 fully saturated rings. The van der Waals surface area contributed by atoms with Crippen LogP contribution in [0.5, 0.6) is 11.5 Å². The van der Waals surface area contributed by atoms with Crippen LogP contribution in [0.25, 0.3) is 0 Å². The molecule has 1 aromatic rings. The van der Waals surface area contributed by atoms with Gasteiger partial charge in [-0.15, -0.1) is 0 Å². The molecule has 0 bridgehead atoms. The highest BCUT2D eigenvalue weighted by atomic mass is 16.5. The van der Waals surface area contributed by atoms with Crippen LogP contribution in [0.4, 0.5) is 0 Å². The Kier molecular flexibility index (Phi) is 7.03. The number of methoxy groups -OCH3 is 2. The van der Waals surface area contributed by atoms with Crippen molar-refractivity contribution in [3.8, 4) is 11.5 Å². The Bertz CT molecular complexity index is 659. The van der Waals surface area contributed by atoms with Gasteiger partial charge in [-0.05, 0) is 37.9 Å². The van der Waals surface area contributed by atoms with E-state index in [0.29, 0.717) is 29.0 Å². The summed E-state index contributed by atoms with van der Waals surface area (Å²) >= 11 is 0. The Morgan fingerprint density at radius 3 is 2.54 bits per heavy atom. The minimum absolute atomic E-state index is 0.00112. The fourth-order valence-electron chi connectivity index (χ4n) is 3.60. The second-order valence-electron chi connectivity index (χ2n) is 6.60. The van der Waals surface area contributed by atoms with Gasteiger partial charge in [0, 0.05) is 25.6 Å². The third-order valence-electron chi connectivity index (χ3n) is 5.01. The van der Waals surface area contributed by atoms with E-state index >= 15 is 0 Å². The highest BCUT2D eigenvalue weighted by molar-refractivity contribution is 6.03. The number of ether oxygens (including phenoxy) is 2. The van der Waals surface area contributed by atoms with Crippen LogP contribution in [-0.2, 0) is 0 Å². The molecule has 1 heterocycles. The molecule has 0 saturated carbocycles. The van der Waals surface area contributed by atoms with Gasteiger partial charge in [0.15, 0.2) is 17.3 Å². The van der Waals surface area contributed by atoms with E-state index in [2.05, 4.69) is 11.8 Å². The first-order valence-electron chi connectivity index (χ1n) is 9.28. The van der Waals surface area contributed by atoms with Crippen LogP contribution in [0, 0.1) is 0 Å². The van der Waals surface area contributed by atoms with Crippen LogP contribution in [0.3, 0.4) is 0 Å². The largest absolute Gasteiger partial charge is 0.493 e. The first kappa shape index (κ1) is 20.2. The normalized spacial score (nSPS) is 17.2. The molecule has 1 saturated heterocycles. The quantitative estimate of drug-likeness (QED) is 0.665. The molecule has 0 aromatic heterocycles. The zero-order chi connectivity index (χ0) is 19.3. The molecule has 144 valence electrons. The highest BCUT2D eigenvalue weighted by Crippen LogP contribution is 2.35. The van der Waals surface area contributed by atoms with Crippen LogP contribution in [-0.4, -0.2) is 62.0 Å². The summed E-state index contributed by atoms with van der Waals surface area (Å²) in [5.74, 6) is 0.626. The van der Waals surface area contributed by atoms with Crippen molar-refractivity contribution in [3.63, 3.8) is 0 Å². The summed E-state index contributed by atoms with van der Waals surface area (Å²) in [5.41, 5.74) is 0.858. The third-order valence-corrected chi connectivity index (χ3v) is 5.01. The molecule has 1 amide bonds. The van der Waals surface area contributed by atoms with E-state index in [0.717, 1.165) is 32.4 Å². The minimum atomic E-state index is -0.156. The number of amides is 1. The summed E-state index contributed by atoms with van der Waals surface area (Å²) in [6.07, 6.45) is 3.28. The molecule has 6 heteroatoms. The average Bonchev–Trinajstić information content (AvgIpc) is 3.14. The van der Waals surface area contributed by atoms with Gasteiger partial charge in [0.25, 0.3) is 5.91 Å². The van der Waals surface area contributed by atoms with Crippen molar-refractivity contribution >= 4 is 11.7 Å². The highest BCUT2D eigenvalue weighted by Gasteiger charge is 2.32. The number of Topliss-reactive ketones (excluding diaryl/α,β-unsaturated/α-hetero) is 1. The van der Waals surface area contributed by atoms with E-state index in [1.807, 2.05) is 14.0 Å². The van der Waals surface area contributed by atoms with Crippen LogP contribution < -0.4 is 9.47 Å². The lowest BCUT2D eigenvalue weighted by Gasteiger charge is -2.32. The molecule has 2 rings (SSSR count). The summed E-state index contributed by atoms with van der Waals surface area (Å²) in [6.45, 7) is 5.95. The average molecular weight is 362 g/mol. The predicted octanol–water partition coefficient (Wildman–Crippen LogP) is 3.20. The number of ketones is 1. The number of carbonyl (C=O) groups excluding carboxylic acids is 2. The van der Waals surface area contributed by atoms with Crippen LogP contribution >= 0.6 is 0 Å². The second kappa shape index (κ2) is 9.03. The van der Waals surface area contributed by atoms with Gasteiger partial charge in [-0.3, -0.25) is 14.5 Å². The maximum atomic E-state index is 13.2. The van der Waals surface area contributed by atoms with Gasteiger partial charge < -0.3 is 14.4 Å². The monoisotopic (exact) mass is 362 g/mol. The maximum absolute atomic E-state index is 13.2. The Hall–Kier alpha value is -2.08. The summed E-state index contributed by atoms with van der Waals surface area (Å²) in [7, 11) is 4.84. The number of rotatable bonds is 8. The Labute approximate surface area is 156 Å². The van der Waals surface area contributed by atoms with Gasteiger partial charge in [-0.2, -0.15) is 0 Å². The Morgan fingerprint density at radius 1 is 1.23 bits per heavy atom. The van der Waals surface area contributed by atoms with Crippen molar-refractivity contribution in [2.24, 2.45) is 0 Å². The zero-order valence-electron chi connectivity index (χ0n) is 16.5. The van der Waals surface area contributed by atoms with Crippen LogP contribution in [0.2, 0.25) is 0 Å². The minimum Gasteiger partial charge on any atom is -0.493 e. The molecule has 1 aliphatic heterocycles. The summed E-state index contributed by atoms with van der Waals surface area (Å²) in [5, 5.41) is 0. The van der Waals surface area contributed by atoms with Gasteiger partial charge in [0.05, 0.1) is 25.9 Å². The van der Waals surface area contributed by atoms with Gasteiger partial charge in [0.2, 0.25) is 0 Å². The molecule has 26 heavy (non-hydrogen) atoms. The molecule has 0 radical (unpaired) electrons. The van der Waals surface area contributed by atoms with Gasteiger partial charge in [-0.25, -0.2) is 0 Å². The number of hydrogen-bond acceptors (Lipinski definition) is 5. The lowest BCUT2D eigenvalue weighted by Crippen LogP contribution is -2.45. The van der Waals surface area contributed by atoms with E-state index in [1.54, 1.807) is 17.0 Å². The standard InChI is InChI=1S/C20H30N2O4/c1-6-9-16(23)14-12-15(19(26-5)17(13-14)25-4)20(24)21(3)18-10-8-11-22(18)7-2/h12-13,18H,6-11H2,1-5H3. The molecule has 6 nitrogen and oxygen atoms in total. The fourth-order valence-corrected chi connectivity index (χ4v) is 3.60. The molecule has 1 aromatic carbocycles. The van der Waals surface area contributed by atoms with Crippen LogP contribution in [0.1, 0.15) is 60.2 Å². The number of hydrogen-bond donors (Lipinski definition) is 0. The zero-order valence-corrected chi connectivity index (χ0v) is 16.5. The van der Waals surface area contributed by atoms with Crippen molar-refractivity contribution in [2.75, 3.05) is 34.4 Å². The second-order valence-corrected chi connectivity index (χ2v) is 6.60. The molecule has 0 N–H and O–H groups in total. The van der Waals surface area contributed by atoms with Crippen molar-refractivity contribution in [1.82, 2.24) is 9.80 Å². The van der Waals surface area contributed by atoms with Crippen LogP contribution in [0.15, 0.2) is 12.1 Å². The van der Waals surface area contributed by atoms with Crippen molar-refractivity contribution < 1.29 is 19.1 Å². The smallest absolute Gasteiger partial charge is 0.258 e. The van der Waals surface area contributed by atoms with E-state index in [1.165, 1.54) is 14.2 Å². The summed E-state index contributed by atoms with van der Waals surface area (Å²) in [6, 6.07) is 3.30. The SMILES string of the molecule is CCCC(=O)c1cc(OC)c(OC)c(C(=O)N(C)C2CCCN2CC)c1. The first-order valence-corrected chi connectivity index (χ1v) is 9.28. The number of likely N-dealkylation sites (tertiary alicyclic amines) is 1. The lowest BCUT2D eigenvalue weighted by molar-refractivity contribution is 0.0544.